The van der Waals surface area contributed by atoms with Gasteiger partial charge in [0, 0.05) is 0 Å². The van der Waals surface area contributed by atoms with Gasteiger partial charge in [0.15, 0.2) is 6.10 Å². The van der Waals surface area contributed by atoms with E-state index in [1.165, 1.54) is 5.56 Å². The molecule has 1 aromatic heterocycles. The first-order chi connectivity index (χ1) is 9.63. The molecule has 1 atom stereocenters. The number of hydrogen-bond acceptors (Lipinski definition) is 2. The summed E-state index contributed by atoms with van der Waals surface area (Å²) < 4.78 is 6.02. The molecule has 1 heterocycles. The van der Waals surface area contributed by atoms with Gasteiger partial charge in [-0.15, -0.1) is 0 Å². The first-order valence-corrected chi connectivity index (χ1v) is 6.82. The number of H-pyrrole nitrogens is 1. The van der Waals surface area contributed by atoms with Gasteiger partial charge in [-0.25, -0.2) is 4.98 Å². The van der Waals surface area contributed by atoms with E-state index in [0.717, 1.165) is 28.2 Å². The van der Waals surface area contributed by atoms with E-state index in [9.17, 15) is 0 Å². The monoisotopic (exact) mass is 266 g/mol. The Morgan fingerprint density at radius 2 is 1.90 bits per heavy atom. The third-order valence-corrected chi connectivity index (χ3v) is 3.43. The van der Waals surface area contributed by atoms with Crippen LogP contribution in [0.4, 0.5) is 0 Å². The molecular weight excluding hydrogens is 248 g/mol. The summed E-state index contributed by atoms with van der Waals surface area (Å²) in [6, 6.07) is 14.2. The molecule has 3 rings (SSSR count). The molecule has 0 saturated carbocycles. The van der Waals surface area contributed by atoms with Crippen molar-refractivity contribution in [1.82, 2.24) is 9.97 Å². The molecule has 0 amide bonds. The lowest BCUT2D eigenvalue weighted by molar-refractivity contribution is 0.216. The predicted molar refractivity (Wildman–Crippen MR) is 81.1 cm³/mol. The zero-order valence-electron chi connectivity index (χ0n) is 12.0. The fourth-order valence-corrected chi connectivity index (χ4v) is 2.34. The molecule has 0 unspecified atom stereocenters. The molecule has 102 valence electrons. The average Bonchev–Trinajstić information content (AvgIpc) is 2.86. The van der Waals surface area contributed by atoms with E-state index in [1.807, 2.05) is 37.3 Å². The molecule has 0 bridgehead atoms. The number of nitrogens with zero attached hydrogens (tertiary/aromatic N) is 1. The zero-order chi connectivity index (χ0) is 14.1. The normalized spacial score (nSPS) is 12.6. The van der Waals surface area contributed by atoms with Gasteiger partial charge in [-0.2, -0.15) is 0 Å². The van der Waals surface area contributed by atoms with Gasteiger partial charge in [0.2, 0.25) is 0 Å². The number of rotatable bonds is 3. The Morgan fingerprint density at radius 3 is 2.65 bits per heavy atom. The van der Waals surface area contributed by atoms with E-state index in [1.54, 1.807) is 0 Å². The van der Waals surface area contributed by atoms with Gasteiger partial charge in [0.1, 0.15) is 11.6 Å². The maximum atomic E-state index is 6.02. The van der Waals surface area contributed by atoms with Gasteiger partial charge in [0.05, 0.1) is 11.0 Å². The summed E-state index contributed by atoms with van der Waals surface area (Å²) >= 11 is 0. The van der Waals surface area contributed by atoms with E-state index in [2.05, 4.69) is 35.9 Å². The molecule has 0 fully saturated rings. The minimum atomic E-state index is -0.108. The molecule has 3 nitrogen and oxygen atoms in total. The summed E-state index contributed by atoms with van der Waals surface area (Å²) in [7, 11) is 0. The Morgan fingerprint density at radius 1 is 1.10 bits per heavy atom. The Labute approximate surface area is 118 Å². The summed E-state index contributed by atoms with van der Waals surface area (Å²) in [6.07, 6.45) is -0.108. The van der Waals surface area contributed by atoms with Crippen LogP contribution >= 0.6 is 0 Å². The number of para-hydroxylation sites is 2. The van der Waals surface area contributed by atoms with Gasteiger partial charge in [0.25, 0.3) is 0 Å². The highest BCUT2D eigenvalue weighted by atomic mass is 16.5. The second kappa shape index (κ2) is 5.00. The van der Waals surface area contributed by atoms with Gasteiger partial charge >= 0.3 is 0 Å². The third-order valence-electron chi connectivity index (χ3n) is 3.43. The molecule has 2 aromatic carbocycles. The van der Waals surface area contributed by atoms with Crippen molar-refractivity contribution in [2.24, 2.45) is 0 Å². The average molecular weight is 266 g/mol. The van der Waals surface area contributed by atoms with Crippen LogP contribution in [-0.4, -0.2) is 9.97 Å². The van der Waals surface area contributed by atoms with Crippen LogP contribution in [0.25, 0.3) is 11.0 Å². The molecule has 20 heavy (non-hydrogen) atoms. The molecule has 0 spiro atoms. The Balaban J connectivity index is 1.86. The predicted octanol–water partition coefficient (Wildman–Crippen LogP) is 4.32. The maximum absolute atomic E-state index is 6.02. The first kappa shape index (κ1) is 12.7. The summed E-state index contributed by atoms with van der Waals surface area (Å²) in [4.78, 5) is 7.89. The van der Waals surface area contributed by atoms with Crippen molar-refractivity contribution < 1.29 is 4.74 Å². The van der Waals surface area contributed by atoms with Crippen LogP contribution in [0.3, 0.4) is 0 Å². The fourth-order valence-electron chi connectivity index (χ4n) is 2.34. The van der Waals surface area contributed by atoms with E-state index in [-0.39, 0.29) is 6.10 Å². The van der Waals surface area contributed by atoms with Gasteiger partial charge in [-0.05, 0) is 44.5 Å². The highest BCUT2D eigenvalue weighted by molar-refractivity contribution is 5.74. The lowest BCUT2D eigenvalue weighted by Crippen LogP contribution is -2.06. The van der Waals surface area contributed by atoms with Crippen molar-refractivity contribution in [2.75, 3.05) is 0 Å². The second-order valence-corrected chi connectivity index (χ2v) is 5.17. The van der Waals surface area contributed by atoms with Crippen LogP contribution in [0.2, 0.25) is 0 Å². The number of fused-ring (bicyclic) bond motifs is 1. The van der Waals surface area contributed by atoms with Gasteiger partial charge in [-0.3, -0.25) is 0 Å². The number of aromatic amines is 1. The molecule has 0 aliphatic heterocycles. The highest BCUT2D eigenvalue weighted by Gasteiger charge is 2.13. The standard InChI is InChI=1S/C17H18N2O/c1-11-8-9-16(12(2)10-11)20-13(3)17-18-14-6-4-5-7-15(14)19-17/h4-10,13H,1-3H3,(H,18,19)/t13-/m1/s1. The number of nitrogens with one attached hydrogen (secondary N) is 1. The van der Waals surface area contributed by atoms with Crippen molar-refractivity contribution in [2.45, 2.75) is 26.9 Å². The molecular formula is C17H18N2O. The lowest BCUT2D eigenvalue weighted by Gasteiger charge is -2.14. The van der Waals surface area contributed by atoms with Crippen LogP contribution in [0.5, 0.6) is 5.75 Å². The summed E-state index contributed by atoms with van der Waals surface area (Å²) in [5, 5.41) is 0. The molecule has 3 heteroatoms. The summed E-state index contributed by atoms with van der Waals surface area (Å²) in [6.45, 7) is 6.16. The minimum Gasteiger partial charge on any atom is -0.483 e. The number of ether oxygens (including phenoxy) is 1. The lowest BCUT2D eigenvalue weighted by atomic mass is 10.1. The van der Waals surface area contributed by atoms with Gasteiger partial charge in [-0.1, -0.05) is 29.8 Å². The second-order valence-electron chi connectivity index (χ2n) is 5.17. The van der Waals surface area contributed by atoms with E-state index in [4.69, 9.17) is 4.74 Å². The van der Waals surface area contributed by atoms with Crippen molar-refractivity contribution in [3.8, 4) is 5.75 Å². The number of aromatic nitrogens is 2. The number of hydrogen-bond donors (Lipinski definition) is 1. The van der Waals surface area contributed by atoms with Crippen molar-refractivity contribution in [3.63, 3.8) is 0 Å². The van der Waals surface area contributed by atoms with Gasteiger partial charge < -0.3 is 9.72 Å². The Bertz CT molecular complexity index is 713. The Kier molecular flexibility index (Phi) is 3.18. The summed E-state index contributed by atoms with van der Waals surface area (Å²) in [5.74, 6) is 1.76. The molecule has 0 saturated heterocycles. The van der Waals surface area contributed by atoms with Crippen molar-refractivity contribution in [3.05, 3.63) is 59.4 Å². The third kappa shape index (κ3) is 2.39. The largest absolute Gasteiger partial charge is 0.483 e. The van der Waals surface area contributed by atoms with Crippen LogP contribution < -0.4 is 4.74 Å². The van der Waals surface area contributed by atoms with Crippen LogP contribution in [0.1, 0.15) is 30.0 Å². The van der Waals surface area contributed by atoms with Crippen molar-refractivity contribution >= 4 is 11.0 Å². The number of aryl methyl sites for hydroxylation is 2. The molecule has 0 aliphatic rings. The molecule has 0 radical (unpaired) electrons. The smallest absolute Gasteiger partial charge is 0.153 e. The topological polar surface area (TPSA) is 37.9 Å². The van der Waals surface area contributed by atoms with E-state index in [0.29, 0.717) is 0 Å². The number of benzene rings is 2. The molecule has 3 aromatic rings. The van der Waals surface area contributed by atoms with Crippen molar-refractivity contribution in [1.29, 1.82) is 0 Å². The molecule has 1 N–H and O–H groups in total. The van der Waals surface area contributed by atoms with Crippen LogP contribution in [-0.2, 0) is 0 Å². The SMILES string of the molecule is Cc1ccc(O[C@H](C)c2nc3ccccc3[nH]2)c(C)c1. The molecule has 0 aliphatic carbocycles. The maximum Gasteiger partial charge on any atom is 0.153 e. The zero-order valence-corrected chi connectivity index (χ0v) is 12.0. The van der Waals surface area contributed by atoms with E-state index >= 15 is 0 Å². The van der Waals surface area contributed by atoms with Crippen LogP contribution in [0, 0.1) is 13.8 Å². The first-order valence-electron chi connectivity index (χ1n) is 6.82. The van der Waals surface area contributed by atoms with E-state index < -0.39 is 0 Å². The minimum absolute atomic E-state index is 0.108. The number of imidazole rings is 1. The Hall–Kier alpha value is -2.29. The fraction of sp³-hybridized carbons (Fsp3) is 0.235. The highest BCUT2D eigenvalue weighted by Crippen LogP contribution is 2.25. The quantitative estimate of drug-likeness (QED) is 0.766. The van der Waals surface area contributed by atoms with Crippen LogP contribution in [0.15, 0.2) is 42.5 Å². The summed E-state index contributed by atoms with van der Waals surface area (Å²) in [5.41, 5.74) is 4.40.